The highest BCUT2D eigenvalue weighted by atomic mass is 79.9. The van der Waals surface area contributed by atoms with Crippen LogP contribution in [0.4, 0.5) is 5.00 Å². The Kier molecular flexibility index (Phi) is 5.87. The number of hydrogen-bond donors (Lipinski definition) is 1. The largest absolute Gasteiger partial charge is 0.462 e. The highest BCUT2D eigenvalue weighted by Gasteiger charge is 2.31. The average molecular weight is 474 g/mol. The molecule has 29 heavy (non-hydrogen) atoms. The SMILES string of the molecule is CCOC(=O)c1c(NC(=O)c2ccc(Br)o2)sc2c1CC[C@@H](c1ccccc1)C2. The Hall–Kier alpha value is -2.38. The van der Waals surface area contributed by atoms with E-state index in [4.69, 9.17) is 9.15 Å². The van der Waals surface area contributed by atoms with Gasteiger partial charge in [0.1, 0.15) is 5.00 Å². The van der Waals surface area contributed by atoms with Crippen LogP contribution < -0.4 is 5.32 Å². The molecule has 0 spiro atoms. The van der Waals surface area contributed by atoms with Crippen LogP contribution >= 0.6 is 27.3 Å². The molecule has 2 heterocycles. The molecule has 0 saturated carbocycles. The van der Waals surface area contributed by atoms with Gasteiger partial charge < -0.3 is 14.5 Å². The second-order valence-corrected chi connectivity index (χ2v) is 8.72. The lowest BCUT2D eigenvalue weighted by Crippen LogP contribution is -2.16. The Morgan fingerprint density at radius 3 is 2.72 bits per heavy atom. The maximum absolute atomic E-state index is 12.7. The van der Waals surface area contributed by atoms with Crippen LogP contribution in [0.15, 0.2) is 51.6 Å². The molecule has 1 N–H and O–H groups in total. The Morgan fingerprint density at radius 2 is 2.03 bits per heavy atom. The first kappa shape index (κ1) is 19.9. The third-order valence-corrected chi connectivity index (χ3v) is 6.64. The van der Waals surface area contributed by atoms with E-state index in [1.165, 1.54) is 16.9 Å². The van der Waals surface area contributed by atoms with Crippen molar-refractivity contribution in [2.24, 2.45) is 0 Å². The first-order valence-electron chi connectivity index (χ1n) is 9.50. The van der Waals surface area contributed by atoms with E-state index in [0.29, 0.717) is 21.2 Å². The van der Waals surface area contributed by atoms with Crippen LogP contribution in [0.1, 0.15) is 56.2 Å². The molecule has 4 rings (SSSR count). The van der Waals surface area contributed by atoms with Crippen LogP contribution in [0.2, 0.25) is 0 Å². The lowest BCUT2D eigenvalue weighted by molar-refractivity contribution is 0.0526. The van der Waals surface area contributed by atoms with Crippen LogP contribution in [0.3, 0.4) is 0 Å². The number of thiophene rings is 1. The van der Waals surface area contributed by atoms with E-state index in [1.807, 2.05) is 6.07 Å². The second kappa shape index (κ2) is 8.55. The third kappa shape index (κ3) is 4.16. The highest BCUT2D eigenvalue weighted by Crippen LogP contribution is 2.43. The number of carbonyl (C=O) groups excluding carboxylic acids is 2. The molecular weight excluding hydrogens is 454 g/mol. The number of hydrogen-bond acceptors (Lipinski definition) is 5. The highest BCUT2D eigenvalue weighted by molar-refractivity contribution is 9.10. The number of furan rings is 1. The fraction of sp³-hybridized carbons (Fsp3) is 0.273. The zero-order valence-corrected chi connectivity index (χ0v) is 18.3. The molecule has 0 radical (unpaired) electrons. The second-order valence-electron chi connectivity index (χ2n) is 6.84. The van der Waals surface area contributed by atoms with Crippen molar-refractivity contribution in [1.82, 2.24) is 0 Å². The standard InChI is InChI=1S/C22H20BrNO4S/c1-2-27-22(26)19-15-9-8-14(13-6-4-3-5-7-13)12-17(15)29-21(19)24-20(25)16-10-11-18(23)28-16/h3-7,10-11,14H,2,8-9,12H2,1H3,(H,24,25)/t14-/m1/s1. The predicted octanol–water partition coefficient (Wildman–Crippen LogP) is 5.81. The van der Waals surface area contributed by atoms with E-state index < -0.39 is 0 Å². The summed E-state index contributed by atoms with van der Waals surface area (Å²) >= 11 is 4.66. The van der Waals surface area contributed by atoms with Gasteiger partial charge in [0.05, 0.1) is 12.2 Å². The molecule has 0 unspecified atom stereocenters. The minimum Gasteiger partial charge on any atom is -0.462 e. The van der Waals surface area contributed by atoms with Crippen LogP contribution in [-0.4, -0.2) is 18.5 Å². The molecule has 1 aliphatic rings. The normalized spacial score (nSPS) is 15.6. The van der Waals surface area contributed by atoms with E-state index in [1.54, 1.807) is 19.1 Å². The van der Waals surface area contributed by atoms with Crippen LogP contribution in [-0.2, 0) is 17.6 Å². The van der Waals surface area contributed by atoms with E-state index >= 15 is 0 Å². The van der Waals surface area contributed by atoms with Gasteiger partial charge in [0.2, 0.25) is 0 Å². The quantitative estimate of drug-likeness (QED) is 0.475. The zero-order valence-electron chi connectivity index (χ0n) is 15.9. The Bertz CT molecular complexity index is 1040. The summed E-state index contributed by atoms with van der Waals surface area (Å²) in [4.78, 5) is 26.4. The van der Waals surface area contributed by atoms with Gasteiger partial charge in [-0.3, -0.25) is 4.79 Å². The molecule has 3 aromatic rings. The smallest absolute Gasteiger partial charge is 0.341 e. The molecule has 1 aromatic carbocycles. The number of halogens is 1. The van der Waals surface area contributed by atoms with Crippen molar-refractivity contribution in [2.45, 2.75) is 32.1 Å². The Labute approximate surface area is 181 Å². The van der Waals surface area contributed by atoms with E-state index in [-0.39, 0.29) is 24.2 Å². The van der Waals surface area contributed by atoms with Crippen molar-refractivity contribution in [3.8, 4) is 0 Å². The first-order chi connectivity index (χ1) is 14.1. The maximum Gasteiger partial charge on any atom is 0.341 e. The number of anilines is 1. The van der Waals surface area contributed by atoms with Gasteiger partial charge in [-0.05, 0) is 71.3 Å². The summed E-state index contributed by atoms with van der Waals surface area (Å²) in [6.07, 6.45) is 2.58. The fourth-order valence-corrected chi connectivity index (χ4v) is 5.32. The molecule has 0 saturated heterocycles. The van der Waals surface area contributed by atoms with Gasteiger partial charge >= 0.3 is 5.97 Å². The van der Waals surface area contributed by atoms with E-state index in [9.17, 15) is 9.59 Å². The number of carbonyl (C=O) groups is 2. The maximum atomic E-state index is 12.7. The molecule has 2 aromatic heterocycles. The zero-order chi connectivity index (χ0) is 20.4. The molecule has 5 nitrogen and oxygen atoms in total. The van der Waals surface area contributed by atoms with Gasteiger partial charge in [0.25, 0.3) is 5.91 Å². The average Bonchev–Trinajstić information content (AvgIpc) is 3.31. The monoisotopic (exact) mass is 473 g/mol. The number of fused-ring (bicyclic) bond motifs is 1. The van der Waals surface area contributed by atoms with Crippen molar-refractivity contribution >= 4 is 44.1 Å². The Morgan fingerprint density at radius 1 is 1.24 bits per heavy atom. The topological polar surface area (TPSA) is 68.5 Å². The van der Waals surface area contributed by atoms with Gasteiger partial charge in [0.15, 0.2) is 10.4 Å². The van der Waals surface area contributed by atoms with Crippen LogP contribution in [0.25, 0.3) is 0 Å². The number of rotatable bonds is 5. The summed E-state index contributed by atoms with van der Waals surface area (Å²) in [6, 6.07) is 13.7. The van der Waals surface area contributed by atoms with Crippen molar-refractivity contribution in [1.29, 1.82) is 0 Å². The molecule has 7 heteroatoms. The summed E-state index contributed by atoms with van der Waals surface area (Å²) in [5.74, 6) is -0.194. The molecule has 0 bridgehead atoms. The van der Waals surface area contributed by atoms with Gasteiger partial charge in [-0.2, -0.15) is 0 Å². The molecule has 150 valence electrons. The van der Waals surface area contributed by atoms with Gasteiger partial charge in [0, 0.05) is 4.88 Å². The minimum atomic E-state index is -0.390. The summed E-state index contributed by atoms with van der Waals surface area (Å²) in [5, 5.41) is 3.38. The Balaban J connectivity index is 1.65. The van der Waals surface area contributed by atoms with Crippen LogP contribution in [0.5, 0.6) is 0 Å². The van der Waals surface area contributed by atoms with Crippen molar-refractivity contribution in [2.75, 3.05) is 11.9 Å². The van der Waals surface area contributed by atoms with Gasteiger partial charge in [-0.1, -0.05) is 30.3 Å². The lowest BCUT2D eigenvalue weighted by atomic mass is 9.83. The van der Waals surface area contributed by atoms with E-state index in [2.05, 4.69) is 45.5 Å². The van der Waals surface area contributed by atoms with Crippen molar-refractivity contribution < 1.29 is 18.7 Å². The van der Waals surface area contributed by atoms with Gasteiger partial charge in [-0.15, -0.1) is 11.3 Å². The molecule has 0 fully saturated rings. The number of esters is 1. The minimum absolute atomic E-state index is 0.181. The number of benzene rings is 1. The number of amides is 1. The molecule has 1 aliphatic carbocycles. The van der Waals surface area contributed by atoms with Crippen LogP contribution in [0, 0.1) is 0 Å². The van der Waals surface area contributed by atoms with E-state index in [0.717, 1.165) is 29.7 Å². The van der Waals surface area contributed by atoms with Gasteiger partial charge in [-0.25, -0.2) is 4.79 Å². The molecule has 1 atom stereocenters. The van der Waals surface area contributed by atoms with Crippen molar-refractivity contribution in [3.63, 3.8) is 0 Å². The van der Waals surface area contributed by atoms with Crippen molar-refractivity contribution in [3.05, 3.63) is 74.5 Å². The summed E-state index contributed by atoms with van der Waals surface area (Å²) in [7, 11) is 0. The number of nitrogens with one attached hydrogen (secondary N) is 1. The first-order valence-corrected chi connectivity index (χ1v) is 11.1. The summed E-state index contributed by atoms with van der Waals surface area (Å²) in [6.45, 7) is 2.06. The predicted molar refractivity (Wildman–Crippen MR) is 116 cm³/mol. The summed E-state index contributed by atoms with van der Waals surface area (Å²) < 4.78 is 11.1. The molecule has 0 aliphatic heterocycles. The lowest BCUT2D eigenvalue weighted by Gasteiger charge is -2.23. The summed E-state index contributed by atoms with van der Waals surface area (Å²) in [5.41, 5.74) is 2.78. The number of ether oxygens (including phenoxy) is 1. The fourth-order valence-electron chi connectivity index (χ4n) is 3.70. The molecule has 1 amide bonds. The molecular formula is C22H20BrNO4S. The third-order valence-electron chi connectivity index (χ3n) is 5.04.